The summed E-state index contributed by atoms with van der Waals surface area (Å²) < 4.78 is 0. The van der Waals surface area contributed by atoms with Gasteiger partial charge in [0, 0.05) is 23.1 Å². The number of aromatic nitrogens is 1. The number of aliphatic hydroxyl groups excluding tert-OH is 1. The van der Waals surface area contributed by atoms with Crippen molar-refractivity contribution in [3.63, 3.8) is 0 Å². The van der Waals surface area contributed by atoms with Crippen molar-refractivity contribution < 1.29 is 19.8 Å². The Hall–Kier alpha value is -2.05. The summed E-state index contributed by atoms with van der Waals surface area (Å²) in [4.78, 5) is 27.9. The molecule has 0 saturated heterocycles. The first kappa shape index (κ1) is 16.3. The molecule has 2 unspecified atom stereocenters. The lowest BCUT2D eigenvalue weighted by Gasteiger charge is -2.13. The molecule has 1 aromatic carbocycles. The molecular formula is C16H17NO4S. The number of Topliss-reactive ketones (excluding diaryl/α,β-unsaturated/α-hetero) is 1. The predicted molar refractivity (Wildman–Crippen MR) is 83.7 cm³/mol. The highest BCUT2D eigenvalue weighted by atomic mass is 32.1. The average molecular weight is 319 g/mol. The van der Waals surface area contributed by atoms with Crippen LogP contribution in [0.3, 0.4) is 0 Å². The van der Waals surface area contributed by atoms with Gasteiger partial charge in [-0.15, -0.1) is 11.3 Å². The Morgan fingerprint density at radius 3 is 2.59 bits per heavy atom. The molecule has 5 nitrogen and oxygen atoms in total. The van der Waals surface area contributed by atoms with E-state index >= 15 is 0 Å². The van der Waals surface area contributed by atoms with Crippen molar-refractivity contribution in [1.29, 1.82) is 0 Å². The molecule has 22 heavy (non-hydrogen) atoms. The number of nitrogens with zero attached hydrogens (tertiary/aromatic N) is 1. The molecule has 0 radical (unpaired) electrons. The van der Waals surface area contributed by atoms with E-state index in [0.717, 1.165) is 15.4 Å². The number of carboxylic acid groups (broad SMARTS) is 1. The second kappa shape index (κ2) is 7.29. The van der Waals surface area contributed by atoms with Crippen LogP contribution in [0.25, 0.3) is 10.6 Å². The highest BCUT2D eigenvalue weighted by Gasteiger charge is 2.27. The number of aliphatic hydroxyl groups is 1. The second-order valence-corrected chi connectivity index (χ2v) is 6.15. The fourth-order valence-corrected chi connectivity index (χ4v) is 2.92. The molecule has 0 saturated carbocycles. The van der Waals surface area contributed by atoms with Crippen molar-refractivity contribution in [2.75, 3.05) is 0 Å². The molecule has 0 fully saturated rings. The van der Waals surface area contributed by atoms with Gasteiger partial charge in [-0.3, -0.25) is 4.79 Å². The van der Waals surface area contributed by atoms with Gasteiger partial charge in [-0.1, -0.05) is 37.3 Å². The van der Waals surface area contributed by atoms with Gasteiger partial charge in [-0.2, -0.15) is 0 Å². The average Bonchev–Trinajstić information content (AvgIpc) is 3.00. The number of hydrogen-bond donors (Lipinski definition) is 2. The molecule has 1 heterocycles. The monoisotopic (exact) mass is 319 g/mol. The van der Waals surface area contributed by atoms with E-state index in [1.807, 2.05) is 30.3 Å². The van der Waals surface area contributed by atoms with Crippen LogP contribution in [-0.4, -0.2) is 33.1 Å². The van der Waals surface area contributed by atoms with E-state index in [2.05, 4.69) is 4.98 Å². The maximum absolute atomic E-state index is 11.9. The van der Waals surface area contributed by atoms with Crippen LogP contribution in [0.2, 0.25) is 0 Å². The largest absolute Gasteiger partial charge is 0.479 e. The molecule has 2 rings (SSSR count). The number of hydrogen-bond acceptors (Lipinski definition) is 5. The number of aliphatic carboxylic acids is 1. The fraction of sp³-hybridized carbons (Fsp3) is 0.312. The Labute approximate surface area is 132 Å². The van der Waals surface area contributed by atoms with Crippen molar-refractivity contribution in [3.8, 4) is 10.6 Å². The molecule has 1 aromatic heterocycles. The van der Waals surface area contributed by atoms with Crippen molar-refractivity contribution >= 4 is 23.1 Å². The third-order valence-electron chi connectivity index (χ3n) is 3.43. The molecule has 0 spiro atoms. The molecule has 0 aliphatic heterocycles. The van der Waals surface area contributed by atoms with Crippen LogP contribution >= 0.6 is 11.3 Å². The molecule has 0 aliphatic carbocycles. The van der Waals surface area contributed by atoms with Gasteiger partial charge in [0.1, 0.15) is 10.8 Å². The Balaban J connectivity index is 1.94. The Bertz CT molecular complexity index is 653. The molecular weight excluding hydrogens is 302 g/mol. The number of carbonyl (C=O) groups excluding carboxylic acids is 1. The lowest BCUT2D eigenvalue weighted by Crippen LogP contribution is -2.32. The summed E-state index contributed by atoms with van der Waals surface area (Å²) in [6.45, 7) is 1.43. The number of rotatable bonds is 7. The quantitative estimate of drug-likeness (QED) is 0.818. The first-order chi connectivity index (χ1) is 10.5. The third-order valence-corrected chi connectivity index (χ3v) is 4.53. The van der Waals surface area contributed by atoms with Crippen molar-refractivity contribution in [2.24, 2.45) is 5.92 Å². The van der Waals surface area contributed by atoms with Crippen LogP contribution in [0.4, 0.5) is 0 Å². The third kappa shape index (κ3) is 3.99. The van der Waals surface area contributed by atoms with Gasteiger partial charge in [-0.25, -0.2) is 9.78 Å². The van der Waals surface area contributed by atoms with Crippen LogP contribution in [-0.2, 0) is 16.0 Å². The summed E-state index contributed by atoms with van der Waals surface area (Å²) in [6.07, 6.45) is 0.786. The molecule has 6 heteroatoms. The van der Waals surface area contributed by atoms with Gasteiger partial charge in [0.2, 0.25) is 0 Å². The molecule has 116 valence electrons. The summed E-state index contributed by atoms with van der Waals surface area (Å²) >= 11 is 1.51. The van der Waals surface area contributed by atoms with Gasteiger partial charge in [-0.05, 0) is 6.42 Å². The first-order valence-corrected chi connectivity index (χ1v) is 7.74. The van der Waals surface area contributed by atoms with E-state index in [0.29, 0.717) is 6.42 Å². The van der Waals surface area contributed by atoms with Crippen LogP contribution in [0, 0.1) is 5.92 Å². The zero-order valence-electron chi connectivity index (χ0n) is 12.1. The highest BCUT2D eigenvalue weighted by Crippen LogP contribution is 2.25. The van der Waals surface area contributed by atoms with Crippen LogP contribution in [0.5, 0.6) is 0 Å². The summed E-state index contributed by atoms with van der Waals surface area (Å²) in [5.74, 6) is -2.53. The maximum Gasteiger partial charge on any atom is 0.333 e. The van der Waals surface area contributed by atoms with Crippen LogP contribution in [0.1, 0.15) is 18.2 Å². The van der Waals surface area contributed by atoms with E-state index in [9.17, 15) is 14.7 Å². The standard InChI is InChI=1S/C16H17NO4S/c1-10(14(19)16(20)21)13(18)8-7-12-9-17-15(22-12)11-5-3-2-4-6-11/h2-6,9-10,14,19H,7-8H2,1H3,(H,20,21). The van der Waals surface area contributed by atoms with Gasteiger partial charge in [0.25, 0.3) is 0 Å². The van der Waals surface area contributed by atoms with Crippen LogP contribution in [0.15, 0.2) is 36.5 Å². The first-order valence-electron chi connectivity index (χ1n) is 6.92. The van der Waals surface area contributed by atoms with Gasteiger partial charge in [0.05, 0.1) is 5.92 Å². The number of aryl methyl sites for hydroxylation is 1. The number of benzene rings is 1. The van der Waals surface area contributed by atoms with E-state index in [1.165, 1.54) is 18.3 Å². The van der Waals surface area contributed by atoms with Crippen molar-refractivity contribution in [2.45, 2.75) is 25.9 Å². The normalized spacial score (nSPS) is 13.5. The number of carboxylic acids is 1. The molecule has 0 amide bonds. The van der Waals surface area contributed by atoms with Crippen molar-refractivity contribution in [3.05, 3.63) is 41.4 Å². The minimum atomic E-state index is -1.64. The Morgan fingerprint density at radius 2 is 1.95 bits per heavy atom. The summed E-state index contributed by atoms with van der Waals surface area (Å²) in [7, 11) is 0. The summed E-state index contributed by atoms with van der Waals surface area (Å²) in [6, 6.07) is 9.76. The number of ketones is 1. The molecule has 0 aliphatic rings. The van der Waals surface area contributed by atoms with E-state index < -0.39 is 18.0 Å². The summed E-state index contributed by atoms with van der Waals surface area (Å²) in [5, 5.41) is 19.0. The maximum atomic E-state index is 11.9. The zero-order valence-corrected chi connectivity index (χ0v) is 12.9. The molecule has 2 N–H and O–H groups in total. The highest BCUT2D eigenvalue weighted by molar-refractivity contribution is 7.15. The minimum absolute atomic E-state index is 0.196. The Kier molecular flexibility index (Phi) is 5.41. The van der Waals surface area contributed by atoms with E-state index in [-0.39, 0.29) is 12.2 Å². The predicted octanol–water partition coefficient (Wildman–Crippen LogP) is 2.39. The van der Waals surface area contributed by atoms with Crippen LogP contribution < -0.4 is 0 Å². The summed E-state index contributed by atoms with van der Waals surface area (Å²) in [5.41, 5.74) is 1.03. The van der Waals surface area contributed by atoms with Gasteiger partial charge < -0.3 is 10.2 Å². The molecule has 0 bridgehead atoms. The second-order valence-electron chi connectivity index (χ2n) is 5.04. The van der Waals surface area contributed by atoms with E-state index in [1.54, 1.807) is 6.20 Å². The number of carbonyl (C=O) groups is 2. The van der Waals surface area contributed by atoms with Crippen molar-refractivity contribution in [1.82, 2.24) is 4.98 Å². The lowest BCUT2D eigenvalue weighted by molar-refractivity contribution is -0.152. The fourth-order valence-electron chi connectivity index (χ4n) is 2.00. The van der Waals surface area contributed by atoms with Gasteiger partial charge >= 0.3 is 5.97 Å². The molecule has 2 atom stereocenters. The Morgan fingerprint density at radius 1 is 1.27 bits per heavy atom. The zero-order chi connectivity index (χ0) is 16.1. The molecule has 2 aromatic rings. The lowest BCUT2D eigenvalue weighted by atomic mass is 9.96. The van der Waals surface area contributed by atoms with E-state index in [4.69, 9.17) is 5.11 Å². The smallest absolute Gasteiger partial charge is 0.333 e. The number of thiazole rings is 1. The van der Waals surface area contributed by atoms with Gasteiger partial charge in [0.15, 0.2) is 6.10 Å². The minimum Gasteiger partial charge on any atom is -0.479 e. The topological polar surface area (TPSA) is 87.5 Å². The SMILES string of the molecule is CC(C(=O)CCc1cnc(-c2ccccc2)s1)C(O)C(=O)O.